The second-order valence-electron chi connectivity index (χ2n) is 4.19. The van der Waals surface area contributed by atoms with Crippen molar-refractivity contribution in [3.8, 4) is 0 Å². The van der Waals surface area contributed by atoms with Crippen LogP contribution in [0.15, 0.2) is 30.5 Å². The quantitative estimate of drug-likeness (QED) is 0.884. The fourth-order valence-electron chi connectivity index (χ4n) is 1.62. The maximum absolute atomic E-state index is 11.8. The summed E-state index contributed by atoms with van der Waals surface area (Å²) in [5.41, 5.74) is 0.411. The molecule has 0 saturated heterocycles. The molecule has 0 fully saturated rings. The fraction of sp³-hybridized carbons (Fsp3) is 0.154. The van der Waals surface area contributed by atoms with E-state index in [1.807, 2.05) is 0 Å². The van der Waals surface area contributed by atoms with Gasteiger partial charge in [0.15, 0.2) is 5.69 Å². The largest absolute Gasteiger partial charge is 0.476 e. The summed E-state index contributed by atoms with van der Waals surface area (Å²) in [7, 11) is 0. The van der Waals surface area contributed by atoms with Gasteiger partial charge in [0.05, 0.1) is 10.7 Å². The summed E-state index contributed by atoms with van der Waals surface area (Å²) in [6.07, 6.45) is 1.64. The van der Waals surface area contributed by atoms with E-state index < -0.39 is 5.97 Å². The van der Waals surface area contributed by atoms with E-state index in [1.165, 1.54) is 23.0 Å². The summed E-state index contributed by atoms with van der Waals surface area (Å²) in [5.74, 6) is -1.36. The molecule has 110 valence electrons. The minimum atomic E-state index is -1.11. The van der Waals surface area contributed by atoms with E-state index in [9.17, 15) is 9.59 Å². The number of hydrogen-bond acceptors (Lipinski definition) is 3. The standard InChI is InChI=1S/C13H11Cl2N3O3/c14-8-1-2-10(9(15)7-8)16-12(19)4-6-18-5-3-11(17-18)13(20)21/h1-3,5,7H,4,6H2,(H,16,19)(H,20,21). The van der Waals surface area contributed by atoms with Gasteiger partial charge in [-0.15, -0.1) is 0 Å². The van der Waals surface area contributed by atoms with Gasteiger partial charge in [0.1, 0.15) is 0 Å². The fourth-order valence-corrected chi connectivity index (χ4v) is 2.08. The van der Waals surface area contributed by atoms with Gasteiger partial charge in [-0.05, 0) is 24.3 Å². The van der Waals surface area contributed by atoms with Crippen LogP contribution in [0, 0.1) is 0 Å². The van der Waals surface area contributed by atoms with Crippen LogP contribution in [0.5, 0.6) is 0 Å². The number of carbonyl (C=O) groups is 2. The Hall–Kier alpha value is -2.05. The lowest BCUT2D eigenvalue weighted by atomic mass is 10.3. The van der Waals surface area contributed by atoms with Gasteiger partial charge in [-0.2, -0.15) is 5.10 Å². The van der Waals surface area contributed by atoms with Crippen LogP contribution in [0.1, 0.15) is 16.9 Å². The first kappa shape index (κ1) is 15.3. The summed E-state index contributed by atoms with van der Waals surface area (Å²) in [4.78, 5) is 22.5. The molecule has 1 aromatic carbocycles. The van der Waals surface area contributed by atoms with Gasteiger partial charge in [0, 0.05) is 24.2 Å². The number of benzene rings is 1. The molecule has 1 aromatic heterocycles. The zero-order valence-corrected chi connectivity index (χ0v) is 12.2. The maximum atomic E-state index is 11.8. The molecule has 0 saturated carbocycles. The van der Waals surface area contributed by atoms with Crippen molar-refractivity contribution < 1.29 is 14.7 Å². The number of carboxylic acids is 1. The van der Waals surface area contributed by atoms with E-state index in [0.717, 1.165) is 0 Å². The highest BCUT2D eigenvalue weighted by Gasteiger charge is 2.09. The van der Waals surface area contributed by atoms with Crippen molar-refractivity contribution >= 4 is 40.8 Å². The Morgan fingerprint density at radius 2 is 2.05 bits per heavy atom. The Kier molecular flexibility index (Phi) is 4.82. The van der Waals surface area contributed by atoms with Gasteiger partial charge < -0.3 is 10.4 Å². The van der Waals surface area contributed by atoms with Crippen LogP contribution in [0.4, 0.5) is 5.69 Å². The summed E-state index contributed by atoms with van der Waals surface area (Å²) in [5, 5.41) is 16.0. The predicted molar refractivity (Wildman–Crippen MR) is 78.9 cm³/mol. The van der Waals surface area contributed by atoms with Gasteiger partial charge in [-0.3, -0.25) is 9.48 Å². The van der Waals surface area contributed by atoms with Crippen molar-refractivity contribution in [2.24, 2.45) is 0 Å². The summed E-state index contributed by atoms with van der Waals surface area (Å²) < 4.78 is 1.40. The van der Waals surface area contributed by atoms with Crippen LogP contribution in [-0.2, 0) is 11.3 Å². The molecule has 0 bridgehead atoms. The van der Waals surface area contributed by atoms with E-state index in [4.69, 9.17) is 28.3 Å². The second-order valence-corrected chi connectivity index (χ2v) is 5.04. The van der Waals surface area contributed by atoms with E-state index in [1.54, 1.807) is 12.1 Å². The molecule has 6 nitrogen and oxygen atoms in total. The lowest BCUT2D eigenvalue weighted by Crippen LogP contribution is -2.15. The van der Waals surface area contributed by atoms with Crippen LogP contribution in [0.3, 0.4) is 0 Å². The van der Waals surface area contributed by atoms with Crippen molar-refractivity contribution in [3.05, 3.63) is 46.2 Å². The van der Waals surface area contributed by atoms with Crippen molar-refractivity contribution in [3.63, 3.8) is 0 Å². The first-order chi connectivity index (χ1) is 9.95. The van der Waals surface area contributed by atoms with Crippen LogP contribution >= 0.6 is 23.2 Å². The Balaban J connectivity index is 1.91. The topological polar surface area (TPSA) is 84.2 Å². The van der Waals surface area contributed by atoms with Crippen molar-refractivity contribution in [2.45, 2.75) is 13.0 Å². The van der Waals surface area contributed by atoms with Crippen molar-refractivity contribution in [2.75, 3.05) is 5.32 Å². The average molecular weight is 328 g/mol. The highest BCUT2D eigenvalue weighted by Crippen LogP contribution is 2.25. The van der Waals surface area contributed by atoms with Gasteiger partial charge >= 0.3 is 5.97 Å². The zero-order valence-electron chi connectivity index (χ0n) is 10.7. The number of amides is 1. The molecule has 2 N–H and O–H groups in total. The third-order valence-electron chi connectivity index (χ3n) is 2.63. The Bertz CT molecular complexity index is 685. The summed E-state index contributed by atoms with van der Waals surface area (Å²) in [6.45, 7) is 0.268. The Labute approximate surface area is 130 Å². The minimum absolute atomic E-state index is 0.0591. The lowest BCUT2D eigenvalue weighted by Gasteiger charge is -2.07. The van der Waals surface area contributed by atoms with Gasteiger partial charge in [0.2, 0.25) is 5.91 Å². The third-order valence-corrected chi connectivity index (χ3v) is 3.18. The predicted octanol–water partition coefficient (Wildman–Crippen LogP) is 2.92. The number of carboxylic acid groups (broad SMARTS) is 1. The van der Waals surface area contributed by atoms with Gasteiger partial charge in [-0.1, -0.05) is 23.2 Å². The zero-order chi connectivity index (χ0) is 15.4. The molecule has 1 amide bonds. The van der Waals surface area contributed by atoms with Crippen LogP contribution < -0.4 is 5.32 Å². The van der Waals surface area contributed by atoms with E-state index in [2.05, 4.69) is 10.4 Å². The van der Waals surface area contributed by atoms with Crippen LogP contribution in [0.25, 0.3) is 0 Å². The first-order valence-electron chi connectivity index (χ1n) is 5.97. The molecule has 1 heterocycles. The lowest BCUT2D eigenvalue weighted by molar-refractivity contribution is -0.116. The van der Waals surface area contributed by atoms with Crippen molar-refractivity contribution in [1.82, 2.24) is 9.78 Å². The number of hydrogen-bond donors (Lipinski definition) is 2. The van der Waals surface area contributed by atoms with E-state index in [-0.39, 0.29) is 24.6 Å². The highest BCUT2D eigenvalue weighted by atomic mass is 35.5. The molecule has 21 heavy (non-hydrogen) atoms. The molecule has 0 spiro atoms. The van der Waals surface area contributed by atoms with E-state index in [0.29, 0.717) is 15.7 Å². The maximum Gasteiger partial charge on any atom is 0.356 e. The SMILES string of the molecule is O=C(CCn1ccc(C(=O)O)n1)Nc1ccc(Cl)cc1Cl. The normalized spacial score (nSPS) is 10.4. The average Bonchev–Trinajstić information content (AvgIpc) is 2.89. The number of aromatic carboxylic acids is 1. The second kappa shape index (κ2) is 6.60. The molecule has 0 aliphatic rings. The molecule has 0 atom stereocenters. The number of nitrogens with one attached hydrogen (secondary N) is 1. The molecule has 0 aliphatic carbocycles. The Morgan fingerprint density at radius 3 is 2.67 bits per heavy atom. The molecular formula is C13H11Cl2N3O3. The number of anilines is 1. The molecule has 0 radical (unpaired) electrons. The van der Waals surface area contributed by atoms with Crippen molar-refractivity contribution in [1.29, 1.82) is 0 Å². The number of aryl methyl sites for hydroxylation is 1. The molecule has 2 aromatic rings. The number of aromatic nitrogens is 2. The smallest absolute Gasteiger partial charge is 0.356 e. The van der Waals surface area contributed by atoms with Crippen LogP contribution in [-0.4, -0.2) is 26.8 Å². The first-order valence-corrected chi connectivity index (χ1v) is 6.73. The highest BCUT2D eigenvalue weighted by molar-refractivity contribution is 6.36. The molecule has 8 heteroatoms. The van der Waals surface area contributed by atoms with Crippen LogP contribution in [0.2, 0.25) is 10.0 Å². The third kappa shape index (κ3) is 4.21. The number of nitrogens with zero attached hydrogens (tertiary/aromatic N) is 2. The molecular weight excluding hydrogens is 317 g/mol. The van der Waals surface area contributed by atoms with Gasteiger partial charge in [0.25, 0.3) is 0 Å². The monoisotopic (exact) mass is 327 g/mol. The summed E-state index contributed by atoms with van der Waals surface area (Å²) in [6, 6.07) is 6.14. The van der Waals surface area contributed by atoms with Gasteiger partial charge in [-0.25, -0.2) is 4.79 Å². The summed E-state index contributed by atoms with van der Waals surface area (Å²) >= 11 is 11.7. The molecule has 2 rings (SSSR count). The minimum Gasteiger partial charge on any atom is -0.476 e. The van der Waals surface area contributed by atoms with E-state index >= 15 is 0 Å². The number of halogens is 2. The molecule has 0 unspecified atom stereocenters. The molecule has 0 aliphatic heterocycles. The number of rotatable bonds is 5. The Morgan fingerprint density at radius 1 is 1.29 bits per heavy atom. The number of carbonyl (C=O) groups excluding carboxylic acids is 1.